The molecule has 1 rings (SSSR count). The van der Waals surface area contributed by atoms with Gasteiger partial charge in [0.15, 0.2) is 0 Å². The summed E-state index contributed by atoms with van der Waals surface area (Å²) in [6.07, 6.45) is 6.28. The summed E-state index contributed by atoms with van der Waals surface area (Å²) >= 11 is 0. The van der Waals surface area contributed by atoms with Crippen LogP contribution in [0, 0.1) is 5.92 Å². The minimum Gasteiger partial charge on any atom is -0.308 e. The van der Waals surface area contributed by atoms with Crippen molar-refractivity contribution in [3.8, 4) is 0 Å². The minimum atomic E-state index is 0.154. The van der Waals surface area contributed by atoms with Crippen LogP contribution < -0.4 is 5.32 Å². The van der Waals surface area contributed by atoms with Crippen molar-refractivity contribution < 1.29 is 0 Å². The van der Waals surface area contributed by atoms with Crippen molar-refractivity contribution in [1.29, 1.82) is 0 Å². The molecule has 0 saturated carbocycles. The fourth-order valence-corrected chi connectivity index (χ4v) is 1.63. The van der Waals surface area contributed by atoms with Gasteiger partial charge in [-0.1, -0.05) is 25.5 Å². The Hall–Kier alpha value is -1.09. The molecule has 102 valence electrons. The van der Waals surface area contributed by atoms with Crippen LogP contribution in [-0.4, -0.2) is 21.9 Å². The highest BCUT2D eigenvalue weighted by molar-refractivity contribution is 5.51. The third-order valence-corrected chi connectivity index (χ3v) is 2.89. The van der Waals surface area contributed by atoms with E-state index in [1.165, 1.54) is 11.1 Å². The van der Waals surface area contributed by atoms with Gasteiger partial charge in [0.25, 0.3) is 0 Å². The van der Waals surface area contributed by atoms with Crippen LogP contribution in [-0.2, 0) is 6.54 Å². The lowest BCUT2D eigenvalue weighted by molar-refractivity contribution is 0.437. The van der Waals surface area contributed by atoms with E-state index >= 15 is 0 Å². The predicted octanol–water partition coefficient (Wildman–Crippen LogP) is 3.33. The Morgan fingerprint density at radius 2 is 2.11 bits per heavy atom. The topological polar surface area (TPSA) is 29.9 Å². The lowest BCUT2D eigenvalue weighted by atomic mass is 9.99. The normalized spacial score (nSPS) is 13.4. The standard InChI is InChI=1S/C15H27N3/c1-7-18-11-13(9-17-18)8-14(12(2)3)10-16-15(4,5)6/h8-9,11-12,16H,7,10H2,1-6H3/b14-8-. The first-order valence-electron chi connectivity index (χ1n) is 6.79. The van der Waals surface area contributed by atoms with Gasteiger partial charge >= 0.3 is 0 Å². The molecule has 0 aromatic carbocycles. The maximum Gasteiger partial charge on any atom is 0.0562 e. The molecule has 1 heterocycles. The number of nitrogens with zero attached hydrogens (tertiary/aromatic N) is 2. The Morgan fingerprint density at radius 3 is 2.56 bits per heavy atom. The summed E-state index contributed by atoms with van der Waals surface area (Å²) in [5.41, 5.74) is 2.76. The van der Waals surface area contributed by atoms with Gasteiger partial charge < -0.3 is 5.32 Å². The fraction of sp³-hybridized carbons (Fsp3) is 0.667. The van der Waals surface area contributed by atoms with E-state index in [1.807, 2.05) is 10.9 Å². The SMILES string of the molecule is CCn1cc(/C=C(/CNC(C)(C)C)C(C)C)cn1. The minimum absolute atomic E-state index is 0.154. The summed E-state index contributed by atoms with van der Waals surface area (Å²) in [7, 11) is 0. The van der Waals surface area contributed by atoms with Crippen LogP contribution in [0.1, 0.15) is 47.1 Å². The predicted molar refractivity (Wildman–Crippen MR) is 78.5 cm³/mol. The second-order valence-corrected chi connectivity index (χ2v) is 6.11. The molecule has 0 aliphatic carbocycles. The van der Waals surface area contributed by atoms with Crippen LogP contribution in [0.5, 0.6) is 0 Å². The number of aryl methyl sites for hydroxylation is 1. The van der Waals surface area contributed by atoms with E-state index in [0.29, 0.717) is 5.92 Å². The van der Waals surface area contributed by atoms with Gasteiger partial charge in [0.2, 0.25) is 0 Å². The van der Waals surface area contributed by atoms with E-state index in [2.05, 4.69) is 64.2 Å². The molecule has 0 aliphatic heterocycles. The quantitative estimate of drug-likeness (QED) is 0.867. The molecule has 0 amide bonds. The molecule has 0 radical (unpaired) electrons. The highest BCUT2D eigenvalue weighted by Crippen LogP contribution is 2.15. The van der Waals surface area contributed by atoms with Gasteiger partial charge in [-0.05, 0) is 33.6 Å². The van der Waals surface area contributed by atoms with Crippen molar-refractivity contribution in [1.82, 2.24) is 15.1 Å². The zero-order valence-corrected chi connectivity index (χ0v) is 12.6. The van der Waals surface area contributed by atoms with Crippen molar-refractivity contribution >= 4 is 6.08 Å². The zero-order valence-electron chi connectivity index (χ0n) is 12.6. The van der Waals surface area contributed by atoms with Crippen LogP contribution in [0.3, 0.4) is 0 Å². The molecular weight excluding hydrogens is 222 g/mol. The molecular formula is C15H27N3. The van der Waals surface area contributed by atoms with E-state index in [9.17, 15) is 0 Å². The molecule has 1 N–H and O–H groups in total. The molecule has 3 nitrogen and oxygen atoms in total. The Labute approximate surface area is 111 Å². The molecule has 3 heteroatoms. The average molecular weight is 249 g/mol. The van der Waals surface area contributed by atoms with Crippen LogP contribution in [0.25, 0.3) is 6.08 Å². The smallest absolute Gasteiger partial charge is 0.0562 e. The highest BCUT2D eigenvalue weighted by Gasteiger charge is 2.11. The monoisotopic (exact) mass is 249 g/mol. The largest absolute Gasteiger partial charge is 0.308 e. The summed E-state index contributed by atoms with van der Waals surface area (Å²) in [6.45, 7) is 15.0. The molecule has 18 heavy (non-hydrogen) atoms. The molecule has 0 bridgehead atoms. The Morgan fingerprint density at radius 1 is 1.44 bits per heavy atom. The number of nitrogens with one attached hydrogen (secondary N) is 1. The lowest BCUT2D eigenvalue weighted by Gasteiger charge is -2.23. The third-order valence-electron chi connectivity index (χ3n) is 2.89. The van der Waals surface area contributed by atoms with Crippen molar-refractivity contribution in [2.75, 3.05) is 6.54 Å². The second kappa shape index (κ2) is 6.19. The molecule has 0 atom stereocenters. The lowest BCUT2D eigenvalue weighted by Crippen LogP contribution is -2.37. The van der Waals surface area contributed by atoms with E-state index in [1.54, 1.807) is 0 Å². The number of hydrogen-bond acceptors (Lipinski definition) is 2. The van der Waals surface area contributed by atoms with Crippen LogP contribution >= 0.6 is 0 Å². The highest BCUT2D eigenvalue weighted by atomic mass is 15.3. The first-order valence-corrected chi connectivity index (χ1v) is 6.79. The molecule has 1 aromatic heterocycles. The van der Waals surface area contributed by atoms with Gasteiger partial charge in [0, 0.05) is 30.4 Å². The molecule has 0 unspecified atom stereocenters. The summed E-state index contributed by atoms with van der Waals surface area (Å²) in [5.74, 6) is 0.546. The molecule has 1 aromatic rings. The van der Waals surface area contributed by atoms with E-state index in [4.69, 9.17) is 0 Å². The fourth-order valence-electron chi connectivity index (χ4n) is 1.63. The van der Waals surface area contributed by atoms with Crippen LogP contribution in [0.2, 0.25) is 0 Å². The van der Waals surface area contributed by atoms with Crippen molar-refractivity contribution in [3.05, 3.63) is 23.5 Å². The van der Waals surface area contributed by atoms with Crippen molar-refractivity contribution in [3.63, 3.8) is 0 Å². The Bertz CT molecular complexity index is 394. The first kappa shape index (κ1) is 15.0. The van der Waals surface area contributed by atoms with Crippen LogP contribution in [0.15, 0.2) is 18.0 Å². The van der Waals surface area contributed by atoms with Crippen molar-refractivity contribution in [2.24, 2.45) is 5.92 Å². The average Bonchev–Trinajstić information content (AvgIpc) is 2.70. The summed E-state index contributed by atoms with van der Waals surface area (Å²) < 4.78 is 1.96. The summed E-state index contributed by atoms with van der Waals surface area (Å²) in [5, 5.41) is 7.86. The molecule has 0 spiro atoms. The number of aromatic nitrogens is 2. The maximum atomic E-state index is 4.31. The second-order valence-electron chi connectivity index (χ2n) is 6.11. The number of rotatable bonds is 5. The van der Waals surface area contributed by atoms with E-state index < -0.39 is 0 Å². The first-order chi connectivity index (χ1) is 8.31. The molecule has 0 saturated heterocycles. The van der Waals surface area contributed by atoms with Gasteiger partial charge in [0.05, 0.1) is 6.20 Å². The summed E-state index contributed by atoms with van der Waals surface area (Å²) in [6, 6.07) is 0. The van der Waals surface area contributed by atoms with Gasteiger partial charge in [-0.15, -0.1) is 0 Å². The summed E-state index contributed by atoms with van der Waals surface area (Å²) in [4.78, 5) is 0. The zero-order chi connectivity index (χ0) is 13.8. The van der Waals surface area contributed by atoms with Crippen molar-refractivity contribution in [2.45, 2.75) is 53.6 Å². The maximum absolute atomic E-state index is 4.31. The van der Waals surface area contributed by atoms with Gasteiger partial charge in [-0.3, -0.25) is 4.68 Å². The van der Waals surface area contributed by atoms with Gasteiger partial charge in [0.1, 0.15) is 0 Å². The van der Waals surface area contributed by atoms with Gasteiger partial charge in [-0.25, -0.2) is 0 Å². The molecule has 0 aliphatic rings. The van der Waals surface area contributed by atoms with Crippen LogP contribution in [0.4, 0.5) is 0 Å². The Balaban J connectivity index is 2.77. The third kappa shape index (κ3) is 5.05. The number of hydrogen-bond donors (Lipinski definition) is 1. The Kier molecular flexibility index (Phi) is 5.15. The van der Waals surface area contributed by atoms with Gasteiger partial charge in [-0.2, -0.15) is 5.10 Å². The molecule has 0 fully saturated rings. The van der Waals surface area contributed by atoms with E-state index in [0.717, 1.165) is 13.1 Å². The van der Waals surface area contributed by atoms with E-state index in [-0.39, 0.29) is 5.54 Å².